The van der Waals surface area contributed by atoms with Crippen molar-refractivity contribution in [2.45, 2.75) is 26.9 Å². The summed E-state index contributed by atoms with van der Waals surface area (Å²) in [6.07, 6.45) is -0.350. The maximum absolute atomic E-state index is 10.4. The van der Waals surface area contributed by atoms with Crippen molar-refractivity contribution in [3.63, 3.8) is 0 Å². The number of hydrogen-bond donors (Lipinski definition) is 1. The van der Waals surface area contributed by atoms with Crippen LogP contribution < -0.4 is 0 Å². The van der Waals surface area contributed by atoms with Crippen LogP contribution >= 0.6 is 0 Å². The Kier molecular flexibility index (Phi) is 4.41. The van der Waals surface area contributed by atoms with E-state index < -0.39 is 0 Å². The summed E-state index contributed by atoms with van der Waals surface area (Å²) >= 11 is 0. The Hall–Kier alpha value is -0.860. The highest BCUT2D eigenvalue weighted by Crippen LogP contribution is 2.27. The van der Waals surface area contributed by atoms with E-state index in [-0.39, 0.29) is 12.0 Å². The molecular formula is C16H25NO. The van der Waals surface area contributed by atoms with Crippen LogP contribution in [0.4, 0.5) is 0 Å². The average Bonchev–Trinajstić information content (AvgIpc) is 2.68. The minimum atomic E-state index is -0.350. The first-order chi connectivity index (χ1) is 8.58. The molecule has 0 aromatic heterocycles. The molecule has 0 aliphatic carbocycles. The normalized spacial score (nSPS) is 28.2. The molecule has 1 aromatic rings. The largest absolute Gasteiger partial charge is 0.388 e. The van der Waals surface area contributed by atoms with Crippen LogP contribution in [0, 0.1) is 17.8 Å². The van der Waals surface area contributed by atoms with Gasteiger partial charge in [0, 0.05) is 19.6 Å². The van der Waals surface area contributed by atoms with Gasteiger partial charge in [0.25, 0.3) is 0 Å². The van der Waals surface area contributed by atoms with Crippen molar-refractivity contribution in [3.8, 4) is 0 Å². The molecule has 2 heteroatoms. The average molecular weight is 247 g/mol. The fraction of sp³-hybridized carbons (Fsp3) is 0.625. The monoisotopic (exact) mass is 247 g/mol. The zero-order valence-electron chi connectivity index (χ0n) is 11.7. The summed E-state index contributed by atoms with van der Waals surface area (Å²) in [6, 6.07) is 9.99. The molecule has 4 unspecified atom stereocenters. The topological polar surface area (TPSA) is 23.5 Å². The molecule has 100 valence electrons. The molecule has 1 saturated heterocycles. The Labute approximate surface area is 111 Å². The van der Waals surface area contributed by atoms with Crippen LogP contribution in [0.1, 0.15) is 32.4 Å². The molecule has 0 saturated carbocycles. The quantitative estimate of drug-likeness (QED) is 0.884. The third-order valence-corrected chi connectivity index (χ3v) is 4.29. The molecule has 1 N–H and O–H groups in total. The Morgan fingerprint density at radius 1 is 1.17 bits per heavy atom. The van der Waals surface area contributed by atoms with Gasteiger partial charge in [-0.1, -0.05) is 51.1 Å². The highest BCUT2D eigenvalue weighted by atomic mass is 16.3. The van der Waals surface area contributed by atoms with Crippen molar-refractivity contribution in [1.82, 2.24) is 4.90 Å². The van der Waals surface area contributed by atoms with Crippen LogP contribution in [0.5, 0.6) is 0 Å². The van der Waals surface area contributed by atoms with Gasteiger partial charge in [-0.25, -0.2) is 0 Å². The highest BCUT2D eigenvalue weighted by Gasteiger charge is 2.28. The van der Waals surface area contributed by atoms with Crippen LogP contribution in [0.3, 0.4) is 0 Å². The number of likely N-dealkylation sites (tertiary alicyclic amines) is 1. The highest BCUT2D eigenvalue weighted by molar-refractivity contribution is 5.17. The molecule has 0 spiro atoms. The van der Waals surface area contributed by atoms with Crippen molar-refractivity contribution in [2.24, 2.45) is 17.8 Å². The van der Waals surface area contributed by atoms with E-state index in [1.165, 1.54) is 13.1 Å². The number of aliphatic hydroxyl groups excluding tert-OH is 1. The summed E-state index contributed by atoms with van der Waals surface area (Å²) in [4.78, 5) is 2.49. The minimum absolute atomic E-state index is 0.282. The Bertz CT molecular complexity index is 355. The van der Waals surface area contributed by atoms with Gasteiger partial charge in [0.1, 0.15) is 0 Å². The first-order valence-corrected chi connectivity index (χ1v) is 7.03. The number of aliphatic hydroxyl groups is 1. The van der Waals surface area contributed by atoms with E-state index in [1.54, 1.807) is 0 Å². The lowest BCUT2D eigenvalue weighted by Gasteiger charge is -2.25. The van der Waals surface area contributed by atoms with E-state index in [0.717, 1.165) is 23.9 Å². The minimum Gasteiger partial charge on any atom is -0.388 e. The van der Waals surface area contributed by atoms with Gasteiger partial charge in [-0.2, -0.15) is 0 Å². The first kappa shape index (κ1) is 13.6. The van der Waals surface area contributed by atoms with Crippen molar-refractivity contribution in [2.75, 3.05) is 19.6 Å². The summed E-state index contributed by atoms with van der Waals surface area (Å²) in [7, 11) is 0. The molecule has 1 aliphatic rings. The lowest BCUT2D eigenvalue weighted by atomic mass is 9.97. The van der Waals surface area contributed by atoms with E-state index in [2.05, 4.69) is 25.7 Å². The van der Waals surface area contributed by atoms with E-state index >= 15 is 0 Å². The zero-order valence-corrected chi connectivity index (χ0v) is 11.7. The second-order valence-corrected chi connectivity index (χ2v) is 6.01. The van der Waals surface area contributed by atoms with Crippen LogP contribution in [0.15, 0.2) is 30.3 Å². The summed E-state index contributed by atoms with van der Waals surface area (Å²) in [5.41, 5.74) is 1.03. The van der Waals surface area contributed by atoms with E-state index in [0.29, 0.717) is 0 Å². The van der Waals surface area contributed by atoms with Crippen LogP contribution in [0.2, 0.25) is 0 Å². The molecule has 1 aliphatic heterocycles. The summed E-state index contributed by atoms with van der Waals surface area (Å²) in [5, 5.41) is 10.4. The molecule has 1 heterocycles. The van der Waals surface area contributed by atoms with E-state index in [9.17, 15) is 5.11 Å². The molecule has 4 atom stereocenters. The number of hydrogen-bond acceptors (Lipinski definition) is 2. The third-order valence-electron chi connectivity index (χ3n) is 4.29. The molecule has 1 fully saturated rings. The molecule has 2 rings (SSSR count). The summed E-state index contributed by atoms with van der Waals surface area (Å²) in [6.45, 7) is 10.1. The van der Waals surface area contributed by atoms with Gasteiger partial charge in [-0.05, 0) is 23.3 Å². The van der Waals surface area contributed by atoms with Gasteiger partial charge >= 0.3 is 0 Å². The van der Waals surface area contributed by atoms with Crippen LogP contribution in [-0.4, -0.2) is 29.6 Å². The number of rotatable bonds is 4. The third kappa shape index (κ3) is 3.12. The summed E-state index contributed by atoms with van der Waals surface area (Å²) in [5.74, 6) is 1.85. The second-order valence-electron chi connectivity index (χ2n) is 6.01. The molecule has 2 nitrogen and oxygen atoms in total. The van der Waals surface area contributed by atoms with Gasteiger partial charge in [0.2, 0.25) is 0 Å². The van der Waals surface area contributed by atoms with Gasteiger partial charge in [0.05, 0.1) is 6.10 Å². The second kappa shape index (κ2) is 5.85. The molecule has 1 aromatic carbocycles. The fourth-order valence-electron chi connectivity index (χ4n) is 2.88. The molecule has 0 amide bonds. The molecule has 0 bridgehead atoms. The van der Waals surface area contributed by atoms with Gasteiger partial charge in [-0.15, -0.1) is 0 Å². The maximum Gasteiger partial charge on any atom is 0.0827 e. The van der Waals surface area contributed by atoms with Crippen LogP contribution in [0.25, 0.3) is 0 Å². The van der Waals surface area contributed by atoms with Crippen molar-refractivity contribution >= 4 is 0 Å². The summed E-state index contributed by atoms with van der Waals surface area (Å²) < 4.78 is 0. The maximum atomic E-state index is 10.4. The molecular weight excluding hydrogens is 222 g/mol. The van der Waals surface area contributed by atoms with Crippen molar-refractivity contribution in [3.05, 3.63) is 35.9 Å². The molecule has 0 radical (unpaired) electrons. The van der Waals surface area contributed by atoms with Crippen LogP contribution in [-0.2, 0) is 0 Å². The SMILES string of the molecule is CC1CN(CC(C)C(O)c2ccccc2)CC1C. The van der Waals surface area contributed by atoms with E-state index in [1.807, 2.05) is 30.3 Å². The number of benzene rings is 1. The lowest BCUT2D eigenvalue weighted by Crippen LogP contribution is -2.29. The first-order valence-electron chi connectivity index (χ1n) is 7.03. The molecule has 18 heavy (non-hydrogen) atoms. The smallest absolute Gasteiger partial charge is 0.0827 e. The standard InChI is InChI=1S/C16H25NO/c1-12-9-17(10-13(12)2)11-14(3)16(18)15-7-5-4-6-8-15/h4-8,12-14,16,18H,9-11H2,1-3H3. The zero-order chi connectivity index (χ0) is 13.1. The van der Waals surface area contributed by atoms with Gasteiger partial charge in [-0.3, -0.25) is 0 Å². The van der Waals surface area contributed by atoms with Gasteiger partial charge in [0.15, 0.2) is 0 Å². The predicted octanol–water partition coefficient (Wildman–Crippen LogP) is 2.94. The predicted molar refractivity (Wildman–Crippen MR) is 75.3 cm³/mol. The van der Waals surface area contributed by atoms with Crippen molar-refractivity contribution < 1.29 is 5.11 Å². The lowest BCUT2D eigenvalue weighted by molar-refractivity contribution is 0.0932. The Morgan fingerprint density at radius 3 is 2.28 bits per heavy atom. The Morgan fingerprint density at radius 2 is 1.72 bits per heavy atom. The fourth-order valence-corrected chi connectivity index (χ4v) is 2.88. The van der Waals surface area contributed by atoms with E-state index in [4.69, 9.17) is 0 Å². The van der Waals surface area contributed by atoms with Gasteiger partial charge < -0.3 is 10.0 Å². The Balaban J connectivity index is 1.90. The number of nitrogens with zero attached hydrogens (tertiary/aromatic N) is 1. The van der Waals surface area contributed by atoms with Crippen molar-refractivity contribution in [1.29, 1.82) is 0 Å².